The molecule has 3 rings (SSSR count). The van der Waals surface area contributed by atoms with Gasteiger partial charge in [-0.15, -0.1) is 0 Å². The van der Waals surface area contributed by atoms with Gasteiger partial charge in [-0.2, -0.15) is 0 Å². The fourth-order valence-electron chi connectivity index (χ4n) is 3.79. The average molecular weight is 331 g/mol. The summed E-state index contributed by atoms with van der Waals surface area (Å²) in [4.78, 5) is 25.6. The van der Waals surface area contributed by atoms with Crippen LogP contribution in [0.3, 0.4) is 0 Å². The minimum Gasteiger partial charge on any atom is -0.353 e. The summed E-state index contributed by atoms with van der Waals surface area (Å²) in [5.41, 5.74) is 0. The van der Waals surface area contributed by atoms with Crippen molar-refractivity contribution in [1.82, 2.24) is 20.2 Å². The third-order valence-electron chi connectivity index (χ3n) is 5.55. The summed E-state index contributed by atoms with van der Waals surface area (Å²) in [6.07, 6.45) is 10.1. The zero-order chi connectivity index (χ0) is 16.9. The third-order valence-corrected chi connectivity index (χ3v) is 5.55. The summed E-state index contributed by atoms with van der Waals surface area (Å²) >= 11 is 0. The number of hydrogen-bond acceptors (Lipinski definition) is 5. The van der Waals surface area contributed by atoms with Gasteiger partial charge in [-0.3, -0.25) is 14.7 Å². The molecule has 1 N–H and O–H groups in total. The summed E-state index contributed by atoms with van der Waals surface area (Å²) in [7, 11) is 0. The average Bonchev–Trinajstić information content (AvgIpc) is 2.64. The molecule has 0 bridgehead atoms. The normalized spacial score (nSPS) is 26.8. The molecule has 1 aromatic rings. The fraction of sp³-hybridized carbons (Fsp3) is 0.722. The van der Waals surface area contributed by atoms with Crippen LogP contribution in [0, 0.1) is 5.92 Å². The standard InChI is InChI=1S/C18H29N5O/c1-14-5-3-4-6-16(14)21-18(24)15(2)22-9-11-23(12-10-22)17-13-19-7-8-20-17/h7-8,13-16H,3-6,9-12H2,1-2H3,(H,21,24)/t14-,15-,16-/m1/s1. The summed E-state index contributed by atoms with van der Waals surface area (Å²) < 4.78 is 0. The van der Waals surface area contributed by atoms with E-state index in [1.807, 2.05) is 6.92 Å². The zero-order valence-corrected chi connectivity index (χ0v) is 14.8. The Balaban J connectivity index is 1.49. The number of anilines is 1. The van der Waals surface area contributed by atoms with Crippen molar-refractivity contribution in [3.63, 3.8) is 0 Å². The largest absolute Gasteiger partial charge is 0.353 e. The molecular weight excluding hydrogens is 302 g/mol. The second-order valence-electron chi connectivity index (χ2n) is 7.14. The van der Waals surface area contributed by atoms with Crippen LogP contribution in [0.5, 0.6) is 0 Å². The molecular formula is C18H29N5O. The molecule has 2 aliphatic rings. The first-order valence-electron chi connectivity index (χ1n) is 9.20. The van der Waals surface area contributed by atoms with Crippen molar-refractivity contribution in [3.8, 4) is 0 Å². The van der Waals surface area contributed by atoms with E-state index in [2.05, 4.69) is 32.0 Å². The van der Waals surface area contributed by atoms with Gasteiger partial charge in [0, 0.05) is 44.6 Å². The fourth-order valence-corrected chi connectivity index (χ4v) is 3.79. The van der Waals surface area contributed by atoms with Gasteiger partial charge in [-0.05, 0) is 25.7 Å². The topological polar surface area (TPSA) is 61.4 Å². The summed E-state index contributed by atoms with van der Waals surface area (Å²) in [6.45, 7) is 7.82. The zero-order valence-electron chi connectivity index (χ0n) is 14.8. The predicted octanol–water partition coefficient (Wildman–Crippen LogP) is 1.68. The van der Waals surface area contributed by atoms with Crippen LogP contribution >= 0.6 is 0 Å². The maximum atomic E-state index is 12.6. The molecule has 2 heterocycles. The number of carbonyl (C=O) groups excluding carboxylic acids is 1. The van der Waals surface area contributed by atoms with E-state index in [-0.39, 0.29) is 11.9 Å². The van der Waals surface area contributed by atoms with Crippen LogP contribution in [0.15, 0.2) is 18.6 Å². The number of aromatic nitrogens is 2. The molecule has 2 fully saturated rings. The lowest BCUT2D eigenvalue weighted by Crippen LogP contribution is -2.56. The van der Waals surface area contributed by atoms with Gasteiger partial charge >= 0.3 is 0 Å². The first-order valence-corrected chi connectivity index (χ1v) is 9.20. The van der Waals surface area contributed by atoms with E-state index in [0.717, 1.165) is 38.4 Å². The van der Waals surface area contributed by atoms with E-state index in [4.69, 9.17) is 0 Å². The van der Waals surface area contributed by atoms with Crippen molar-refractivity contribution in [3.05, 3.63) is 18.6 Å². The van der Waals surface area contributed by atoms with Crippen LogP contribution in [0.1, 0.15) is 39.5 Å². The van der Waals surface area contributed by atoms with Crippen molar-refractivity contribution in [2.24, 2.45) is 5.92 Å². The Labute approximate surface area is 144 Å². The van der Waals surface area contributed by atoms with Crippen molar-refractivity contribution >= 4 is 11.7 Å². The van der Waals surface area contributed by atoms with Gasteiger partial charge < -0.3 is 10.2 Å². The molecule has 6 nitrogen and oxygen atoms in total. The lowest BCUT2D eigenvalue weighted by Gasteiger charge is -2.38. The molecule has 3 atom stereocenters. The molecule has 1 saturated heterocycles. The van der Waals surface area contributed by atoms with Gasteiger partial charge in [0.15, 0.2) is 0 Å². The second-order valence-corrected chi connectivity index (χ2v) is 7.14. The maximum Gasteiger partial charge on any atom is 0.237 e. The Hall–Kier alpha value is -1.69. The minimum absolute atomic E-state index is 0.0665. The lowest BCUT2D eigenvalue weighted by molar-refractivity contribution is -0.127. The van der Waals surface area contributed by atoms with Gasteiger partial charge in [0.05, 0.1) is 12.2 Å². The summed E-state index contributed by atoms with van der Waals surface area (Å²) in [6, 6.07) is 0.290. The van der Waals surface area contributed by atoms with Crippen LogP contribution < -0.4 is 10.2 Å². The van der Waals surface area contributed by atoms with Crippen molar-refractivity contribution in [2.45, 2.75) is 51.6 Å². The highest BCUT2D eigenvalue weighted by Crippen LogP contribution is 2.24. The molecule has 6 heteroatoms. The molecule has 0 radical (unpaired) electrons. The molecule has 24 heavy (non-hydrogen) atoms. The molecule has 1 amide bonds. The SMILES string of the molecule is C[C@@H]1CCCC[C@H]1NC(=O)[C@@H](C)N1CCN(c2cnccn2)CC1. The monoisotopic (exact) mass is 331 g/mol. The van der Waals surface area contributed by atoms with Gasteiger partial charge in [-0.25, -0.2) is 4.98 Å². The number of amides is 1. The van der Waals surface area contributed by atoms with E-state index in [0.29, 0.717) is 12.0 Å². The Kier molecular flexibility index (Phi) is 5.66. The Morgan fingerprint density at radius 2 is 1.96 bits per heavy atom. The summed E-state index contributed by atoms with van der Waals surface area (Å²) in [5.74, 6) is 1.70. The number of hydrogen-bond donors (Lipinski definition) is 1. The molecule has 0 aromatic carbocycles. The van der Waals surface area contributed by atoms with Crippen molar-refractivity contribution in [2.75, 3.05) is 31.1 Å². The number of rotatable bonds is 4. The molecule has 1 aliphatic carbocycles. The van der Waals surface area contributed by atoms with Crippen LogP contribution in [0.2, 0.25) is 0 Å². The van der Waals surface area contributed by atoms with Crippen LogP contribution in [-0.2, 0) is 4.79 Å². The predicted molar refractivity (Wildman–Crippen MR) is 94.8 cm³/mol. The Morgan fingerprint density at radius 1 is 1.21 bits per heavy atom. The van der Waals surface area contributed by atoms with E-state index >= 15 is 0 Å². The number of carbonyl (C=O) groups is 1. The van der Waals surface area contributed by atoms with Gasteiger partial charge in [0.2, 0.25) is 5.91 Å². The number of nitrogens with one attached hydrogen (secondary N) is 1. The highest BCUT2D eigenvalue weighted by atomic mass is 16.2. The van der Waals surface area contributed by atoms with Gasteiger partial charge in [0.25, 0.3) is 0 Å². The highest BCUT2D eigenvalue weighted by molar-refractivity contribution is 5.81. The number of nitrogens with zero attached hydrogens (tertiary/aromatic N) is 4. The van der Waals surface area contributed by atoms with E-state index < -0.39 is 0 Å². The first kappa shape index (κ1) is 17.1. The molecule has 1 saturated carbocycles. The second kappa shape index (κ2) is 7.92. The first-order chi connectivity index (χ1) is 11.6. The van der Waals surface area contributed by atoms with Gasteiger partial charge in [0.1, 0.15) is 5.82 Å². The third kappa shape index (κ3) is 4.04. The lowest BCUT2D eigenvalue weighted by atomic mass is 9.86. The smallest absolute Gasteiger partial charge is 0.237 e. The Morgan fingerprint density at radius 3 is 2.62 bits per heavy atom. The molecule has 0 spiro atoms. The highest BCUT2D eigenvalue weighted by Gasteiger charge is 2.29. The Bertz CT molecular complexity index is 529. The van der Waals surface area contributed by atoms with E-state index in [9.17, 15) is 4.79 Å². The minimum atomic E-state index is -0.0665. The van der Waals surface area contributed by atoms with E-state index in [1.54, 1.807) is 18.6 Å². The molecule has 132 valence electrons. The van der Waals surface area contributed by atoms with E-state index in [1.165, 1.54) is 19.3 Å². The summed E-state index contributed by atoms with van der Waals surface area (Å²) in [5, 5.41) is 3.29. The van der Waals surface area contributed by atoms with Crippen LogP contribution in [0.25, 0.3) is 0 Å². The molecule has 1 aromatic heterocycles. The molecule has 0 unspecified atom stereocenters. The molecule has 1 aliphatic heterocycles. The maximum absolute atomic E-state index is 12.6. The van der Waals surface area contributed by atoms with Crippen LogP contribution in [-0.4, -0.2) is 59.0 Å². The van der Waals surface area contributed by atoms with Crippen LogP contribution in [0.4, 0.5) is 5.82 Å². The quantitative estimate of drug-likeness (QED) is 0.909. The number of piperazine rings is 1. The van der Waals surface area contributed by atoms with Gasteiger partial charge in [-0.1, -0.05) is 19.8 Å². The van der Waals surface area contributed by atoms with Crippen molar-refractivity contribution in [1.29, 1.82) is 0 Å². The van der Waals surface area contributed by atoms with Crippen molar-refractivity contribution < 1.29 is 4.79 Å².